The molecule has 1 aliphatic carbocycles. The minimum atomic E-state index is 0.806. The van der Waals surface area contributed by atoms with Crippen LogP contribution < -0.4 is 19.3 Å². The van der Waals surface area contributed by atoms with Gasteiger partial charge in [-0.05, 0) is 116 Å². The molecule has 244 valence electrons. The van der Waals surface area contributed by atoms with E-state index >= 15 is 0 Å². The molecule has 0 saturated heterocycles. The van der Waals surface area contributed by atoms with Crippen molar-refractivity contribution in [2.24, 2.45) is 0 Å². The van der Waals surface area contributed by atoms with Crippen LogP contribution in [0.25, 0.3) is 28.5 Å². The summed E-state index contributed by atoms with van der Waals surface area (Å²) >= 11 is 0. The second-order valence-electron chi connectivity index (χ2n) is 12.6. The van der Waals surface area contributed by atoms with Gasteiger partial charge in [-0.3, -0.25) is 4.57 Å². The number of rotatable bonds is 5. The largest absolute Gasteiger partial charge is 0.453 e. The molecule has 7 nitrogen and oxygen atoms in total. The van der Waals surface area contributed by atoms with E-state index in [0.717, 1.165) is 98.4 Å². The first-order chi connectivity index (χ1) is 25.3. The van der Waals surface area contributed by atoms with Gasteiger partial charge in [0.15, 0.2) is 34.6 Å². The second-order valence-corrected chi connectivity index (χ2v) is 12.6. The van der Waals surface area contributed by atoms with Crippen LogP contribution in [0, 0.1) is 0 Å². The monoisotopic (exact) mass is 661 g/mol. The molecule has 7 heteroatoms. The molecule has 0 saturated carbocycles. The number of aromatic nitrogens is 3. The first-order valence-electron chi connectivity index (χ1n) is 17.1. The zero-order valence-corrected chi connectivity index (χ0v) is 27.6. The van der Waals surface area contributed by atoms with Crippen LogP contribution in [0.15, 0.2) is 164 Å². The van der Waals surface area contributed by atoms with Gasteiger partial charge in [0, 0.05) is 28.2 Å². The molecule has 7 aromatic rings. The average molecular weight is 662 g/mol. The number of hydrogen-bond acceptors (Lipinski definition) is 6. The molecule has 0 fully saturated rings. The van der Waals surface area contributed by atoms with E-state index < -0.39 is 0 Å². The van der Waals surface area contributed by atoms with Crippen molar-refractivity contribution in [1.82, 2.24) is 14.8 Å². The predicted molar refractivity (Wildman–Crippen MR) is 203 cm³/mol. The van der Waals surface area contributed by atoms with Gasteiger partial charge >= 0.3 is 0 Å². The molecule has 51 heavy (non-hydrogen) atoms. The molecule has 0 N–H and O–H groups in total. The van der Waals surface area contributed by atoms with E-state index in [0.29, 0.717) is 0 Å². The topological polar surface area (TPSA) is 55.7 Å². The van der Waals surface area contributed by atoms with E-state index in [1.807, 2.05) is 72.8 Å². The van der Waals surface area contributed by atoms with Crippen LogP contribution in [0.1, 0.15) is 12.8 Å². The first-order valence-corrected chi connectivity index (χ1v) is 17.1. The van der Waals surface area contributed by atoms with E-state index in [9.17, 15) is 0 Å². The molecule has 10 rings (SSSR count). The lowest BCUT2D eigenvalue weighted by atomic mass is 10.1. The fourth-order valence-electron chi connectivity index (χ4n) is 7.19. The third kappa shape index (κ3) is 4.89. The Labute approximate surface area is 295 Å². The number of ether oxygens (including phenoxy) is 2. The summed E-state index contributed by atoms with van der Waals surface area (Å²) in [7, 11) is 0. The summed E-state index contributed by atoms with van der Waals surface area (Å²) < 4.78 is 14.7. The maximum Gasteiger partial charge on any atom is 0.168 e. The normalized spacial score (nSPS) is 14.0. The molecule has 0 bridgehead atoms. The summed E-state index contributed by atoms with van der Waals surface area (Å²) in [6, 6.07) is 49.7. The Balaban J connectivity index is 1.03. The Morgan fingerprint density at radius 2 is 0.843 bits per heavy atom. The lowest BCUT2D eigenvalue weighted by Crippen LogP contribution is -2.15. The molecular formula is C44H31N5O2. The second kappa shape index (κ2) is 11.9. The van der Waals surface area contributed by atoms with Crippen molar-refractivity contribution >= 4 is 39.8 Å². The highest BCUT2D eigenvalue weighted by atomic mass is 16.5. The maximum atomic E-state index is 6.24. The van der Waals surface area contributed by atoms with E-state index in [-0.39, 0.29) is 0 Å². The molecule has 0 unspecified atom stereocenters. The Morgan fingerprint density at radius 3 is 1.22 bits per heavy atom. The van der Waals surface area contributed by atoms with E-state index in [1.54, 1.807) is 0 Å². The van der Waals surface area contributed by atoms with Crippen LogP contribution >= 0.6 is 0 Å². The zero-order valence-electron chi connectivity index (χ0n) is 27.6. The van der Waals surface area contributed by atoms with Crippen LogP contribution in [0.4, 0.5) is 34.1 Å². The summed E-state index contributed by atoms with van der Waals surface area (Å²) in [5.74, 6) is 4.93. The predicted octanol–water partition coefficient (Wildman–Crippen LogP) is 12.0. The van der Waals surface area contributed by atoms with Crippen LogP contribution in [0.2, 0.25) is 0 Å². The smallest absolute Gasteiger partial charge is 0.168 e. The molecule has 6 aromatic carbocycles. The fourth-order valence-corrected chi connectivity index (χ4v) is 7.19. The van der Waals surface area contributed by atoms with Crippen LogP contribution in [-0.2, 0) is 0 Å². The molecule has 0 amide bonds. The van der Waals surface area contributed by atoms with Gasteiger partial charge in [0.25, 0.3) is 0 Å². The standard InChI is InChI=1S/C44H31N5O2/c1-2-12-32(13-3-1)49-43(30-22-26-33(27-23-30)47-35-14-4-8-18-39(35)50-40-19-9-5-15-36(40)47)45-46-44(49)31-24-28-34(29-25-31)48-37-16-6-10-20-41(37)51-42-21-11-7-17-38(42)48/h1-2,4-12,14-29H,3,13H2. The van der Waals surface area contributed by atoms with Crippen molar-refractivity contribution in [3.8, 4) is 45.8 Å². The van der Waals surface area contributed by atoms with Crippen molar-refractivity contribution in [3.63, 3.8) is 0 Å². The van der Waals surface area contributed by atoms with Crippen molar-refractivity contribution in [2.45, 2.75) is 12.8 Å². The average Bonchev–Trinajstić information content (AvgIpc) is 3.65. The molecule has 1 aromatic heterocycles. The highest BCUT2D eigenvalue weighted by molar-refractivity contribution is 5.88. The fraction of sp³-hybridized carbons (Fsp3) is 0.0455. The van der Waals surface area contributed by atoms with Crippen molar-refractivity contribution in [2.75, 3.05) is 9.80 Å². The minimum absolute atomic E-state index is 0.806. The Kier molecular flexibility index (Phi) is 6.80. The summed E-state index contributed by atoms with van der Waals surface area (Å²) in [5.41, 5.74) is 9.21. The zero-order chi connectivity index (χ0) is 33.7. The molecule has 0 spiro atoms. The number of nitrogens with zero attached hydrogens (tertiary/aromatic N) is 5. The van der Waals surface area contributed by atoms with Crippen molar-refractivity contribution < 1.29 is 9.47 Å². The van der Waals surface area contributed by atoms with Crippen molar-refractivity contribution in [1.29, 1.82) is 0 Å². The van der Waals surface area contributed by atoms with Gasteiger partial charge in [-0.1, -0.05) is 60.7 Å². The van der Waals surface area contributed by atoms with E-state index in [1.165, 1.54) is 0 Å². The third-order valence-corrected chi connectivity index (χ3v) is 9.57. The summed E-state index contributed by atoms with van der Waals surface area (Å²) in [4.78, 5) is 4.49. The maximum absolute atomic E-state index is 6.24. The molecule has 3 heterocycles. The number of hydrogen-bond donors (Lipinski definition) is 0. The Hall–Kier alpha value is -6.86. The molecular weight excluding hydrogens is 631 g/mol. The van der Waals surface area contributed by atoms with Gasteiger partial charge in [0.05, 0.1) is 22.7 Å². The van der Waals surface area contributed by atoms with Crippen LogP contribution in [0.5, 0.6) is 23.0 Å². The van der Waals surface area contributed by atoms with Crippen molar-refractivity contribution in [3.05, 3.63) is 164 Å². The molecule has 3 aliphatic rings. The van der Waals surface area contributed by atoms with Gasteiger partial charge in [-0.15, -0.1) is 10.2 Å². The minimum Gasteiger partial charge on any atom is -0.453 e. The summed E-state index contributed by atoms with van der Waals surface area (Å²) in [6.07, 6.45) is 8.36. The van der Waals surface area contributed by atoms with E-state index in [2.05, 4.69) is 105 Å². The number of fused-ring (bicyclic) bond motifs is 4. The Bertz CT molecular complexity index is 2250. The lowest BCUT2D eigenvalue weighted by Gasteiger charge is -2.32. The number of benzene rings is 6. The highest BCUT2D eigenvalue weighted by Crippen LogP contribution is 2.51. The van der Waals surface area contributed by atoms with Gasteiger partial charge in [0.1, 0.15) is 0 Å². The Morgan fingerprint density at radius 1 is 0.451 bits per heavy atom. The van der Waals surface area contributed by atoms with Crippen LogP contribution in [-0.4, -0.2) is 14.8 Å². The number of para-hydroxylation sites is 8. The number of anilines is 6. The number of allylic oxidation sites excluding steroid dienone is 4. The van der Waals surface area contributed by atoms with Gasteiger partial charge in [-0.2, -0.15) is 0 Å². The third-order valence-electron chi connectivity index (χ3n) is 9.57. The SMILES string of the molecule is C1=CCCC(n2c(-c3ccc(N4c5ccccc5Oc5ccccc54)cc3)nnc2-c2ccc(N3c4ccccc4Oc4ccccc43)cc2)=C1. The highest BCUT2D eigenvalue weighted by Gasteiger charge is 2.27. The van der Waals surface area contributed by atoms with Gasteiger partial charge in [0.2, 0.25) is 0 Å². The van der Waals surface area contributed by atoms with Gasteiger partial charge in [-0.25, -0.2) is 0 Å². The first kappa shape index (κ1) is 29.1. The van der Waals surface area contributed by atoms with Crippen LogP contribution in [0.3, 0.4) is 0 Å². The lowest BCUT2D eigenvalue weighted by molar-refractivity contribution is 0.477. The van der Waals surface area contributed by atoms with Gasteiger partial charge < -0.3 is 19.3 Å². The molecule has 0 radical (unpaired) electrons. The molecule has 0 atom stereocenters. The van der Waals surface area contributed by atoms with E-state index in [4.69, 9.17) is 19.7 Å². The summed E-state index contributed by atoms with van der Waals surface area (Å²) in [5, 5.41) is 9.62. The quantitative estimate of drug-likeness (QED) is 0.183. The summed E-state index contributed by atoms with van der Waals surface area (Å²) in [6.45, 7) is 0. The molecule has 2 aliphatic heterocycles.